The van der Waals surface area contributed by atoms with Gasteiger partial charge in [0.2, 0.25) is 0 Å². The van der Waals surface area contributed by atoms with E-state index < -0.39 is 6.10 Å². The third kappa shape index (κ3) is 3.99. The van der Waals surface area contributed by atoms with Crippen molar-refractivity contribution in [3.05, 3.63) is 54.6 Å². The SMILES string of the molecule is CC(Oc1ccccc1)C(=O)Nc1ccccc1N(C)C. The summed E-state index contributed by atoms with van der Waals surface area (Å²) in [6.45, 7) is 1.74. The molecule has 0 aliphatic rings. The van der Waals surface area contributed by atoms with Crippen LogP contribution in [0.5, 0.6) is 5.75 Å². The van der Waals surface area contributed by atoms with Gasteiger partial charge in [0.05, 0.1) is 11.4 Å². The first kappa shape index (κ1) is 14.9. The van der Waals surface area contributed by atoms with E-state index in [-0.39, 0.29) is 5.91 Å². The molecule has 110 valence electrons. The Labute approximate surface area is 125 Å². The Morgan fingerprint density at radius 3 is 2.33 bits per heavy atom. The second kappa shape index (κ2) is 6.79. The van der Waals surface area contributed by atoms with Crippen LogP contribution < -0.4 is 15.0 Å². The van der Waals surface area contributed by atoms with Gasteiger partial charge in [0.25, 0.3) is 5.91 Å². The number of hydrogen-bond donors (Lipinski definition) is 1. The molecule has 2 aromatic rings. The van der Waals surface area contributed by atoms with Crippen molar-refractivity contribution < 1.29 is 9.53 Å². The van der Waals surface area contributed by atoms with Gasteiger partial charge in [-0.05, 0) is 31.2 Å². The largest absolute Gasteiger partial charge is 0.481 e. The van der Waals surface area contributed by atoms with Crippen LogP contribution in [-0.2, 0) is 4.79 Å². The molecule has 2 aromatic carbocycles. The van der Waals surface area contributed by atoms with Crippen LogP contribution >= 0.6 is 0 Å². The smallest absolute Gasteiger partial charge is 0.265 e. The number of para-hydroxylation sites is 3. The highest BCUT2D eigenvalue weighted by atomic mass is 16.5. The van der Waals surface area contributed by atoms with E-state index in [0.29, 0.717) is 5.75 Å². The number of anilines is 2. The van der Waals surface area contributed by atoms with Gasteiger partial charge < -0.3 is 15.0 Å². The van der Waals surface area contributed by atoms with E-state index in [0.717, 1.165) is 11.4 Å². The van der Waals surface area contributed by atoms with Crippen LogP contribution in [0, 0.1) is 0 Å². The zero-order chi connectivity index (χ0) is 15.2. The van der Waals surface area contributed by atoms with Gasteiger partial charge in [-0.15, -0.1) is 0 Å². The van der Waals surface area contributed by atoms with Crippen molar-refractivity contribution in [2.45, 2.75) is 13.0 Å². The predicted octanol–water partition coefficient (Wildman–Crippen LogP) is 3.16. The molecular weight excluding hydrogens is 264 g/mol. The Hall–Kier alpha value is -2.49. The molecule has 1 atom stereocenters. The van der Waals surface area contributed by atoms with Crippen LogP contribution in [0.3, 0.4) is 0 Å². The molecule has 1 unspecified atom stereocenters. The van der Waals surface area contributed by atoms with Crippen molar-refractivity contribution in [1.29, 1.82) is 0 Å². The van der Waals surface area contributed by atoms with Crippen LogP contribution in [0.2, 0.25) is 0 Å². The van der Waals surface area contributed by atoms with Gasteiger partial charge in [-0.1, -0.05) is 30.3 Å². The summed E-state index contributed by atoms with van der Waals surface area (Å²) < 4.78 is 5.62. The predicted molar refractivity (Wildman–Crippen MR) is 85.9 cm³/mol. The Bertz CT molecular complexity index is 597. The second-order valence-electron chi connectivity index (χ2n) is 4.97. The lowest BCUT2D eigenvalue weighted by Crippen LogP contribution is -2.30. The summed E-state index contributed by atoms with van der Waals surface area (Å²) in [4.78, 5) is 14.2. The first-order valence-corrected chi connectivity index (χ1v) is 6.87. The average Bonchev–Trinajstić information content (AvgIpc) is 2.48. The van der Waals surface area contributed by atoms with E-state index in [1.54, 1.807) is 6.92 Å². The van der Waals surface area contributed by atoms with Crippen molar-refractivity contribution in [2.75, 3.05) is 24.3 Å². The van der Waals surface area contributed by atoms with Crippen molar-refractivity contribution in [2.24, 2.45) is 0 Å². The van der Waals surface area contributed by atoms with Crippen LogP contribution in [0.15, 0.2) is 54.6 Å². The molecule has 0 aliphatic carbocycles. The number of ether oxygens (including phenoxy) is 1. The maximum Gasteiger partial charge on any atom is 0.265 e. The van der Waals surface area contributed by atoms with Gasteiger partial charge in [-0.2, -0.15) is 0 Å². The number of hydrogen-bond acceptors (Lipinski definition) is 3. The number of nitrogens with one attached hydrogen (secondary N) is 1. The van der Waals surface area contributed by atoms with E-state index in [2.05, 4.69) is 5.32 Å². The molecule has 0 fully saturated rings. The maximum absolute atomic E-state index is 12.2. The zero-order valence-corrected chi connectivity index (χ0v) is 12.5. The second-order valence-corrected chi connectivity index (χ2v) is 4.97. The molecule has 0 saturated carbocycles. The summed E-state index contributed by atoms with van der Waals surface area (Å²) in [5, 5.41) is 2.91. The van der Waals surface area contributed by atoms with Crippen molar-refractivity contribution >= 4 is 17.3 Å². The fourth-order valence-corrected chi connectivity index (χ4v) is 1.96. The van der Waals surface area contributed by atoms with Gasteiger partial charge in [-0.3, -0.25) is 4.79 Å². The number of amides is 1. The molecular formula is C17H20N2O2. The first-order valence-electron chi connectivity index (χ1n) is 6.87. The van der Waals surface area contributed by atoms with Crippen molar-refractivity contribution in [3.8, 4) is 5.75 Å². The highest BCUT2D eigenvalue weighted by molar-refractivity contribution is 5.97. The van der Waals surface area contributed by atoms with E-state index in [1.165, 1.54) is 0 Å². The number of rotatable bonds is 5. The van der Waals surface area contributed by atoms with Gasteiger partial charge >= 0.3 is 0 Å². The van der Waals surface area contributed by atoms with Gasteiger partial charge in [0.15, 0.2) is 6.10 Å². The molecule has 21 heavy (non-hydrogen) atoms. The number of carbonyl (C=O) groups is 1. The summed E-state index contributed by atoms with van der Waals surface area (Å²) in [6, 6.07) is 17.0. The van der Waals surface area contributed by atoms with Gasteiger partial charge in [-0.25, -0.2) is 0 Å². The van der Waals surface area contributed by atoms with Crippen molar-refractivity contribution in [3.63, 3.8) is 0 Å². The fraction of sp³-hybridized carbons (Fsp3) is 0.235. The highest BCUT2D eigenvalue weighted by Gasteiger charge is 2.16. The van der Waals surface area contributed by atoms with Crippen LogP contribution in [-0.4, -0.2) is 26.1 Å². The van der Waals surface area contributed by atoms with Crippen LogP contribution in [0.25, 0.3) is 0 Å². The molecule has 0 saturated heterocycles. The summed E-state index contributed by atoms with van der Waals surface area (Å²) in [5.41, 5.74) is 1.73. The number of carbonyl (C=O) groups excluding carboxylic acids is 1. The minimum absolute atomic E-state index is 0.173. The van der Waals surface area contributed by atoms with E-state index in [1.807, 2.05) is 73.6 Å². The lowest BCUT2D eigenvalue weighted by molar-refractivity contribution is -0.122. The lowest BCUT2D eigenvalue weighted by Gasteiger charge is -2.19. The van der Waals surface area contributed by atoms with E-state index in [9.17, 15) is 4.79 Å². The number of benzene rings is 2. The highest BCUT2D eigenvalue weighted by Crippen LogP contribution is 2.23. The number of nitrogens with zero attached hydrogens (tertiary/aromatic N) is 1. The Morgan fingerprint density at radius 2 is 1.67 bits per heavy atom. The van der Waals surface area contributed by atoms with Crippen LogP contribution in [0.4, 0.5) is 11.4 Å². The zero-order valence-electron chi connectivity index (χ0n) is 12.5. The Balaban J connectivity index is 2.04. The molecule has 0 heterocycles. The Kier molecular flexibility index (Phi) is 4.82. The summed E-state index contributed by atoms with van der Waals surface area (Å²) in [5.74, 6) is 0.509. The van der Waals surface area contributed by atoms with Gasteiger partial charge in [0.1, 0.15) is 5.75 Å². The molecule has 1 N–H and O–H groups in total. The average molecular weight is 284 g/mol. The lowest BCUT2D eigenvalue weighted by atomic mass is 10.2. The third-order valence-corrected chi connectivity index (χ3v) is 3.07. The normalized spacial score (nSPS) is 11.6. The molecule has 0 spiro atoms. The van der Waals surface area contributed by atoms with E-state index in [4.69, 9.17) is 4.74 Å². The summed E-state index contributed by atoms with van der Waals surface area (Å²) in [7, 11) is 3.88. The molecule has 0 aromatic heterocycles. The minimum atomic E-state index is -0.567. The minimum Gasteiger partial charge on any atom is -0.481 e. The monoisotopic (exact) mass is 284 g/mol. The summed E-state index contributed by atoms with van der Waals surface area (Å²) >= 11 is 0. The Morgan fingerprint density at radius 1 is 1.05 bits per heavy atom. The summed E-state index contributed by atoms with van der Waals surface area (Å²) in [6.07, 6.45) is -0.567. The first-order chi connectivity index (χ1) is 10.1. The molecule has 0 aliphatic heterocycles. The van der Waals surface area contributed by atoms with E-state index >= 15 is 0 Å². The topological polar surface area (TPSA) is 41.6 Å². The quantitative estimate of drug-likeness (QED) is 0.917. The maximum atomic E-state index is 12.2. The molecule has 1 amide bonds. The molecule has 2 rings (SSSR count). The molecule has 0 radical (unpaired) electrons. The molecule has 0 bridgehead atoms. The fourth-order valence-electron chi connectivity index (χ4n) is 1.96. The van der Waals surface area contributed by atoms with Gasteiger partial charge in [0, 0.05) is 14.1 Å². The molecule has 4 heteroatoms. The van der Waals surface area contributed by atoms with Crippen molar-refractivity contribution in [1.82, 2.24) is 0 Å². The standard InChI is InChI=1S/C17H20N2O2/c1-13(21-14-9-5-4-6-10-14)17(20)18-15-11-7-8-12-16(15)19(2)3/h4-13H,1-3H3,(H,18,20). The van der Waals surface area contributed by atoms with Crippen LogP contribution in [0.1, 0.15) is 6.92 Å². The third-order valence-electron chi connectivity index (χ3n) is 3.07. The molecule has 4 nitrogen and oxygen atoms in total.